The van der Waals surface area contributed by atoms with E-state index in [-0.39, 0.29) is 12.5 Å². The summed E-state index contributed by atoms with van der Waals surface area (Å²) in [6, 6.07) is 5.53. The van der Waals surface area contributed by atoms with Crippen molar-refractivity contribution in [1.82, 2.24) is 0 Å². The number of halogens is 1. The molecule has 1 amide bonds. The zero-order chi connectivity index (χ0) is 14.0. The Kier molecular flexibility index (Phi) is 4.16. The maximum Gasteiger partial charge on any atom is 0.235 e. The SMILES string of the molecule is COc1ccc(Br)cc1N(C)C(=O)C1(CO)CCC1. The minimum absolute atomic E-state index is 0.0438. The molecule has 0 atom stereocenters. The normalized spacial score (nSPS) is 16.6. The first-order valence-electron chi connectivity index (χ1n) is 6.26. The Hall–Kier alpha value is -1.07. The lowest BCUT2D eigenvalue weighted by molar-refractivity contribution is -0.136. The smallest absolute Gasteiger partial charge is 0.235 e. The van der Waals surface area contributed by atoms with Gasteiger partial charge in [-0.05, 0) is 31.0 Å². The van der Waals surface area contributed by atoms with Gasteiger partial charge in [0, 0.05) is 11.5 Å². The molecule has 19 heavy (non-hydrogen) atoms. The Labute approximate surface area is 121 Å². The summed E-state index contributed by atoms with van der Waals surface area (Å²) in [5, 5.41) is 9.50. The number of amides is 1. The van der Waals surface area contributed by atoms with Gasteiger partial charge in [-0.3, -0.25) is 4.79 Å². The van der Waals surface area contributed by atoms with Crippen LogP contribution < -0.4 is 9.64 Å². The fourth-order valence-corrected chi connectivity index (χ4v) is 2.78. The van der Waals surface area contributed by atoms with Crippen LogP contribution in [0.4, 0.5) is 5.69 Å². The molecule has 0 aliphatic heterocycles. The molecule has 1 aliphatic carbocycles. The predicted molar refractivity (Wildman–Crippen MR) is 77.5 cm³/mol. The first-order valence-corrected chi connectivity index (χ1v) is 7.06. The topological polar surface area (TPSA) is 49.8 Å². The standard InChI is InChI=1S/C14H18BrNO3/c1-16(13(18)14(9-17)6-3-7-14)11-8-10(15)4-5-12(11)19-2/h4-5,8,17H,3,6-7,9H2,1-2H3. The van der Waals surface area contributed by atoms with E-state index in [1.54, 1.807) is 19.1 Å². The zero-order valence-corrected chi connectivity index (χ0v) is 12.7. The molecule has 1 aromatic carbocycles. The van der Waals surface area contributed by atoms with Gasteiger partial charge in [0.1, 0.15) is 5.75 Å². The van der Waals surface area contributed by atoms with Crippen molar-refractivity contribution in [3.05, 3.63) is 22.7 Å². The molecule has 1 N–H and O–H groups in total. The molecule has 0 heterocycles. The fourth-order valence-electron chi connectivity index (χ4n) is 2.43. The number of aliphatic hydroxyl groups excluding tert-OH is 1. The van der Waals surface area contributed by atoms with E-state index in [1.165, 1.54) is 0 Å². The molecule has 0 radical (unpaired) electrons. The summed E-state index contributed by atoms with van der Waals surface area (Å²) in [5.41, 5.74) is 0.115. The van der Waals surface area contributed by atoms with Gasteiger partial charge in [0.15, 0.2) is 0 Å². The minimum atomic E-state index is -0.595. The maximum absolute atomic E-state index is 12.6. The Morgan fingerprint density at radius 3 is 2.68 bits per heavy atom. The van der Waals surface area contributed by atoms with Crippen molar-refractivity contribution in [2.75, 3.05) is 25.7 Å². The molecule has 0 aromatic heterocycles. The Morgan fingerprint density at radius 1 is 1.53 bits per heavy atom. The van der Waals surface area contributed by atoms with Crippen LogP contribution >= 0.6 is 15.9 Å². The highest BCUT2D eigenvalue weighted by molar-refractivity contribution is 9.10. The van der Waals surface area contributed by atoms with Gasteiger partial charge in [-0.15, -0.1) is 0 Å². The van der Waals surface area contributed by atoms with Crippen molar-refractivity contribution in [3.63, 3.8) is 0 Å². The Morgan fingerprint density at radius 2 is 2.21 bits per heavy atom. The third-order valence-corrected chi connectivity index (χ3v) is 4.37. The average molecular weight is 328 g/mol. The lowest BCUT2D eigenvalue weighted by atomic mass is 9.68. The van der Waals surface area contributed by atoms with Crippen LogP contribution in [-0.4, -0.2) is 31.8 Å². The molecule has 1 saturated carbocycles. The number of ether oxygens (including phenoxy) is 1. The van der Waals surface area contributed by atoms with E-state index in [0.29, 0.717) is 11.4 Å². The molecule has 2 rings (SSSR count). The number of carbonyl (C=O) groups excluding carboxylic acids is 1. The first-order chi connectivity index (χ1) is 9.04. The van der Waals surface area contributed by atoms with Crippen molar-refractivity contribution >= 4 is 27.5 Å². The van der Waals surface area contributed by atoms with Gasteiger partial charge < -0.3 is 14.7 Å². The molecule has 1 fully saturated rings. The van der Waals surface area contributed by atoms with Crippen LogP contribution in [-0.2, 0) is 4.79 Å². The number of benzene rings is 1. The number of nitrogens with zero attached hydrogens (tertiary/aromatic N) is 1. The van der Waals surface area contributed by atoms with Crippen LogP contribution in [0.25, 0.3) is 0 Å². The number of methoxy groups -OCH3 is 1. The van der Waals surface area contributed by atoms with E-state index in [1.807, 2.05) is 18.2 Å². The summed E-state index contributed by atoms with van der Waals surface area (Å²) >= 11 is 3.40. The van der Waals surface area contributed by atoms with E-state index in [9.17, 15) is 9.90 Å². The van der Waals surface area contributed by atoms with E-state index in [2.05, 4.69) is 15.9 Å². The molecule has 1 aromatic rings. The zero-order valence-electron chi connectivity index (χ0n) is 11.1. The second-order valence-electron chi connectivity index (χ2n) is 4.97. The summed E-state index contributed by atoms with van der Waals surface area (Å²) < 4.78 is 6.18. The van der Waals surface area contributed by atoms with Crippen molar-refractivity contribution in [1.29, 1.82) is 0 Å². The minimum Gasteiger partial charge on any atom is -0.495 e. The first kappa shape index (κ1) is 14.3. The molecule has 4 nitrogen and oxygen atoms in total. The van der Waals surface area contributed by atoms with Crippen molar-refractivity contribution < 1.29 is 14.6 Å². The van der Waals surface area contributed by atoms with Crippen molar-refractivity contribution in [2.24, 2.45) is 5.41 Å². The summed E-state index contributed by atoms with van der Waals surface area (Å²) in [6.45, 7) is -0.0908. The molecule has 5 heteroatoms. The number of carbonyl (C=O) groups is 1. The van der Waals surface area contributed by atoms with Gasteiger partial charge in [-0.1, -0.05) is 22.4 Å². The Bertz CT molecular complexity index is 480. The lowest BCUT2D eigenvalue weighted by Gasteiger charge is -2.41. The van der Waals surface area contributed by atoms with Crippen molar-refractivity contribution in [2.45, 2.75) is 19.3 Å². The van der Waals surface area contributed by atoms with Gasteiger partial charge in [-0.25, -0.2) is 0 Å². The fraction of sp³-hybridized carbons (Fsp3) is 0.500. The molecule has 0 saturated heterocycles. The third kappa shape index (κ3) is 2.49. The molecule has 0 unspecified atom stereocenters. The number of rotatable bonds is 4. The largest absolute Gasteiger partial charge is 0.495 e. The van der Waals surface area contributed by atoms with Crippen LogP contribution in [0.5, 0.6) is 5.75 Å². The summed E-state index contributed by atoms with van der Waals surface area (Å²) in [4.78, 5) is 14.1. The van der Waals surface area contributed by atoms with Crippen LogP contribution in [0.1, 0.15) is 19.3 Å². The average Bonchev–Trinajstić information content (AvgIpc) is 2.37. The summed E-state index contributed by atoms with van der Waals surface area (Å²) in [5.74, 6) is 0.601. The third-order valence-electron chi connectivity index (χ3n) is 3.87. The van der Waals surface area contributed by atoms with E-state index in [4.69, 9.17) is 4.74 Å². The highest BCUT2D eigenvalue weighted by Gasteiger charge is 2.45. The second kappa shape index (κ2) is 5.51. The molecule has 1 aliphatic rings. The number of hydrogen-bond acceptors (Lipinski definition) is 3. The molecule has 0 bridgehead atoms. The van der Waals surface area contributed by atoms with Gasteiger partial charge in [0.25, 0.3) is 0 Å². The summed E-state index contributed by atoms with van der Waals surface area (Å²) in [6.07, 6.45) is 2.50. The molecular weight excluding hydrogens is 310 g/mol. The molecular formula is C14H18BrNO3. The highest BCUT2D eigenvalue weighted by atomic mass is 79.9. The molecule has 104 valence electrons. The Balaban J connectivity index is 2.31. The second-order valence-corrected chi connectivity index (χ2v) is 5.89. The predicted octanol–water partition coefficient (Wildman–Crippen LogP) is 2.58. The van der Waals surface area contributed by atoms with E-state index >= 15 is 0 Å². The van der Waals surface area contributed by atoms with Crippen LogP contribution in [0.3, 0.4) is 0 Å². The quantitative estimate of drug-likeness (QED) is 0.924. The van der Waals surface area contributed by atoms with Gasteiger partial charge in [0.2, 0.25) is 5.91 Å². The van der Waals surface area contributed by atoms with E-state index < -0.39 is 5.41 Å². The van der Waals surface area contributed by atoms with Crippen LogP contribution in [0, 0.1) is 5.41 Å². The van der Waals surface area contributed by atoms with Crippen LogP contribution in [0.2, 0.25) is 0 Å². The summed E-state index contributed by atoms with van der Waals surface area (Å²) in [7, 11) is 3.30. The van der Waals surface area contributed by atoms with Gasteiger partial charge in [-0.2, -0.15) is 0 Å². The number of anilines is 1. The van der Waals surface area contributed by atoms with Gasteiger partial charge >= 0.3 is 0 Å². The van der Waals surface area contributed by atoms with E-state index in [0.717, 1.165) is 23.7 Å². The molecule has 0 spiro atoms. The van der Waals surface area contributed by atoms with Gasteiger partial charge in [0.05, 0.1) is 24.8 Å². The lowest BCUT2D eigenvalue weighted by Crippen LogP contribution is -2.49. The highest BCUT2D eigenvalue weighted by Crippen LogP contribution is 2.43. The maximum atomic E-state index is 12.6. The number of hydrogen-bond donors (Lipinski definition) is 1. The number of aliphatic hydroxyl groups is 1. The van der Waals surface area contributed by atoms with Crippen LogP contribution in [0.15, 0.2) is 22.7 Å². The monoisotopic (exact) mass is 327 g/mol. The van der Waals surface area contributed by atoms with Crippen molar-refractivity contribution in [3.8, 4) is 5.75 Å².